The number of phenols is 1. The second-order valence-corrected chi connectivity index (χ2v) is 11.6. The Morgan fingerprint density at radius 3 is 2.94 bits per heavy atom. The lowest BCUT2D eigenvalue weighted by molar-refractivity contribution is -0.00274. The van der Waals surface area contributed by atoms with Crippen LogP contribution in [0.4, 0.5) is 0 Å². The van der Waals surface area contributed by atoms with Gasteiger partial charge in [-0.2, -0.15) is 0 Å². The molecule has 3 fully saturated rings. The summed E-state index contributed by atoms with van der Waals surface area (Å²) in [6.07, 6.45) is 13.1. The van der Waals surface area contributed by atoms with Gasteiger partial charge < -0.3 is 9.52 Å². The van der Waals surface area contributed by atoms with Crippen LogP contribution in [0, 0.1) is 11.8 Å². The minimum absolute atomic E-state index is 0.0551. The second kappa shape index (κ2) is 9.57. The van der Waals surface area contributed by atoms with Crippen molar-refractivity contribution in [3.8, 4) is 5.75 Å². The lowest BCUT2D eigenvalue weighted by atomic mass is 9.68. The first-order valence-corrected chi connectivity index (χ1v) is 14.1. The third kappa shape index (κ3) is 4.24. The number of unbranched alkanes of at least 4 members (excludes halogenated alkanes) is 1. The van der Waals surface area contributed by atoms with Crippen molar-refractivity contribution in [1.82, 2.24) is 9.80 Å². The lowest BCUT2D eigenvalue weighted by Crippen LogP contribution is -2.59. The number of hydrogen-bond acceptors (Lipinski definition) is 5. The van der Waals surface area contributed by atoms with Gasteiger partial charge in [0.2, 0.25) is 0 Å². The molecule has 4 atom stereocenters. The normalized spacial score (nSPS) is 29.0. The Kier molecular flexibility index (Phi) is 6.44. The van der Waals surface area contributed by atoms with Crippen LogP contribution in [0.5, 0.6) is 5.75 Å². The van der Waals surface area contributed by atoms with E-state index in [-0.39, 0.29) is 11.4 Å². The van der Waals surface area contributed by atoms with E-state index in [1.807, 2.05) is 0 Å². The van der Waals surface area contributed by atoms with E-state index in [0.29, 0.717) is 40.6 Å². The molecule has 1 aliphatic carbocycles. The molecule has 1 aromatic carbocycles. The van der Waals surface area contributed by atoms with Crippen molar-refractivity contribution in [3.63, 3.8) is 0 Å². The van der Waals surface area contributed by atoms with Crippen LogP contribution in [0.3, 0.4) is 0 Å². The van der Waals surface area contributed by atoms with Crippen LogP contribution in [-0.4, -0.2) is 46.6 Å². The minimum atomic E-state index is -0.352. The summed E-state index contributed by atoms with van der Waals surface area (Å²) in [4.78, 5) is 17.8. The van der Waals surface area contributed by atoms with Crippen LogP contribution < -0.4 is 5.63 Å². The maximum Gasteiger partial charge on any atom is 0.336 e. The van der Waals surface area contributed by atoms with Crippen molar-refractivity contribution in [2.24, 2.45) is 11.8 Å². The molecule has 4 heterocycles. The maximum atomic E-state index is 12.5. The molecule has 6 rings (SSSR count). The van der Waals surface area contributed by atoms with Gasteiger partial charge in [0.05, 0.1) is 10.6 Å². The maximum absolute atomic E-state index is 12.5. The van der Waals surface area contributed by atoms with E-state index in [9.17, 15) is 9.90 Å². The molecule has 4 unspecified atom stereocenters. The van der Waals surface area contributed by atoms with Crippen molar-refractivity contribution in [2.75, 3.05) is 19.6 Å². The van der Waals surface area contributed by atoms with E-state index in [1.54, 1.807) is 17.7 Å². The molecule has 3 saturated heterocycles. The average molecular weight is 497 g/mol. The molecule has 1 aromatic heterocycles. The first-order chi connectivity index (χ1) is 17.0. The van der Waals surface area contributed by atoms with Gasteiger partial charge in [0, 0.05) is 36.6 Å². The zero-order chi connectivity index (χ0) is 24.1. The highest BCUT2D eigenvalue weighted by Crippen LogP contribution is 2.46. The number of fused-ring (bicyclic) bond motifs is 7. The van der Waals surface area contributed by atoms with Gasteiger partial charge >= 0.3 is 5.63 Å². The number of aromatic hydroxyl groups is 1. The Balaban J connectivity index is 1.37. The number of halogens is 1. The van der Waals surface area contributed by atoms with Gasteiger partial charge in [-0.15, -0.1) is 0 Å². The van der Waals surface area contributed by atoms with Crippen LogP contribution in [0.2, 0.25) is 5.02 Å². The number of aryl methyl sites for hydroxylation is 1. The van der Waals surface area contributed by atoms with E-state index >= 15 is 0 Å². The van der Waals surface area contributed by atoms with Crippen LogP contribution in [0.25, 0.3) is 11.0 Å². The van der Waals surface area contributed by atoms with Crippen molar-refractivity contribution in [2.45, 2.75) is 83.3 Å². The van der Waals surface area contributed by atoms with Crippen LogP contribution in [-0.2, 0) is 13.0 Å². The van der Waals surface area contributed by atoms with Gasteiger partial charge in [-0.1, -0.05) is 43.0 Å². The van der Waals surface area contributed by atoms with Gasteiger partial charge in [-0.3, -0.25) is 9.80 Å². The topological polar surface area (TPSA) is 56.9 Å². The molecule has 188 valence electrons. The van der Waals surface area contributed by atoms with Gasteiger partial charge in [0.15, 0.2) is 0 Å². The Morgan fingerprint density at radius 2 is 2.09 bits per heavy atom. The van der Waals surface area contributed by atoms with Crippen molar-refractivity contribution in [3.05, 3.63) is 50.4 Å². The predicted octanol–water partition coefficient (Wildman–Crippen LogP) is 5.89. The molecule has 0 saturated carbocycles. The number of phenolic OH excluding ortho intramolecular Hbond substituents is 1. The summed E-state index contributed by atoms with van der Waals surface area (Å²) in [7, 11) is 0. The minimum Gasteiger partial charge on any atom is -0.506 e. The Morgan fingerprint density at radius 1 is 1.20 bits per heavy atom. The quantitative estimate of drug-likeness (QED) is 0.413. The van der Waals surface area contributed by atoms with Crippen LogP contribution in [0.15, 0.2) is 33.0 Å². The molecule has 1 N–H and O–H groups in total. The summed E-state index contributed by atoms with van der Waals surface area (Å²) in [5.74, 6) is 1.37. The molecule has 0 amide bonds. The number of hydrogen-bond donors (Lipinski definition) is 1. The molecule has 3 aliphatic heterocycles. The van der Waals surface area contributed by atoms with Crippen molar-refractivity contribution < 1.29 is 9.52 Å². The molecule has 5 nitrogen and oxygen atoms in total. The summed E-state index contributed by atoms with van der Waals surface area (Å²) in [5.41, 5.74) is 3.38. The highest BCUT2D eigenvalue weighted by Gasteiger charge is 2.46. The molecular weight excluding hydrogens is 460 g/mol. The Bertz CT molecular complexity index is 1200. The van der Waals surface area contributed by atoms with Crippen molar-refractivity contribution >= 4 is 22.6 Å². The standard InChI is InChI=1S/C29H37ClN2O3/c1-2-3-7-18-14-26(33)35-29-22(18)15-24(30)28(34)23(29)17-32-11-6-8-19-12-20-13-21(27(19)32)16-31-10-5-4-9-25(20)31/h12,14-15,20-21,25,27,34H,2-11,13,16-17H2,1H3. The molecular formula is C29H37ClN2O3. The zero-order valence-electron chi connectivity index (χ0n) is 20.8. The van der Waals surface area contributed by atoms with Gasteiger partial charge in [0.1, 0.15) is 11.3 Å². The first-order valence-electron chi connectivity index (χ1n) is 13.7. The summed E-state index contributed by atoms with van der Waals surface area (Å²) < 4.78 is 5.76. The molecule has 0 spiro atoms. The molecule has 2 bridgehead atoms. The highest BCUT2D eigenvalue weighted by atomic mass is 35.5. The van der Waals surface area contributed by atoms with E-state index in [0.717, 1.165) is 49.2 Å². The summed E-state index contributed by atoms with van der Waals surface area (Å²) >= 11 is 6.55. The Labute approximate surface area is 212 Å². The zero-order valence-corrected chi connectivity index (χ0v) is 21.5. The average Bonchev–Trinajstić information content (AvgIpc) is 2.86. The SMILES string of the molecule is CCCCc1cc(=O)oc2c(CN3CCCC4=CC5CC(CN6CCCCC56)C43)c(O)c(Cl)cc12. The lowest BCUT2D eigenvalue weighted by Gasteiger charge is -2.54. The number of likely N-dealkylation sites (tertiary alicyclic amines) is 1. The number of piperidine rings is 3. The fourth-order valence-corrected chi connectivity index (χ4v) is 7.79. The Hall–Kier alpha value is -1.82. The van der Waals surface area contributed by atoms with Gasteiger partial charge in [-0.25, -0.2) is 4.79 Å². The van der Waals surface area contributed by atoms with Crippen LogP contribution >= 0.6 is 11.6 Å². The number of benzene rings is 1. The van der Waals surface area contributed by atoms with Crippen molar-refractivity contribution in [1.29, 1.82) is 0 Å². The molecule has 0 radical (unpaired) electrons. The fourth-order valence-electron chi connectivity index (χ4n) is 7.57. The third-order valence-corrected chi connectivity index (χ3v) is 9.35. The molecule has 2 aromatic rings. The first kappa shape index (κ1) is 23.6. The monoisotopic (exact) mass is 496 g/mol. The summed E-state index contributed by atoms with van der Waals surface area (Å²) in [6, 6.07) is 4.50. The molecule has 35 heavy (non-hydrogen) atoms. The summed E-state index contributed by atoms with van der Waals surface area (Å²) in [6.45, 7) is 6.10. The number of rotatable bonds is 5. The smallest absolute Gasteiger partial charge is 0.336 e. The van der Waals surface area contributed by atoms with E-state index < -0.39 is 0 Å². The third-order valence-electron chi connectivity index (χ3n) is 9.06. The largest absolute Gasteiger partial charge is 0.506 e. The van der Waals surface area contributed by atoms with E-state index in [4.69, 9.17) is 16.0 Å². The molecule has 6 heteroatoms. The molecule has 4 aliphatic rings. The second-order valence-electron chi connectivity index (χ2n) is 11.2. The predicted molar refractivity (Wildman–Crippen MR) is 140 cm³/mol. The van der Waals surface area contributed by atoms with E-state index in [2.05, 4.69) is 22.8 Å². The van der Waals surface area contributed by atoms with Gasteiger partial charge in [-0.05, 0) is 81.5 Å². The summed E-state index contributed by atoms with van der Waals surface area (Å²) in [5, 5.41) is 12.3. The highest BCUT2D eigenvalue weighted by molar-refractivity contribution is 6.33. The fraction of sp³-hybridized carbons (Fsp3) is 0.621. The van der Waals surface area contributed by atoms with E-state index in [1.165, 1.54) is 45.2 Å². The van der Waals surface area contributed by atoms with Crippen LogP contribution in [0.1, 0.15) is 69.4 Å². The number of nitrogens with zero attached hydrogens (tertiary/aromatic N) is 2. The van der Waals surface area contributed by atoms with Gasteiger partial charge in [0.25, 0.3) is 0 Å².